The van der Waals surface area contributed by atoms with Crippen LogP contribution in [0.3, 0.4) is 0 Å². The normalized spacial score (nSPS) is 15.0. The number of morpholine rings is 1. The van der Waals surface area contributed by atoms with Crippen LogP contribution in [0.5, 0.6) is 5.75 Å². The second kappa shape index (κ2) is 12.6. The van der Waals surface area contributed by atoms with Gasteiger partial charge in [0.05, 0.1) is 30.9 Å². The van der Waals surface area contributed by atoms with Crippen LogP contribution >= 0.6 is 0 Å². The number of carbonyl (C=O) groups is 1. The van der Waals surface area contributed by atoms with Gasteiger partial charge in [-0.25, -0.2) is 13.8 Å². The van der Waals surface area contributed by atoms with Crippen molar-refractivity contribution in [3.63, 3.8) is 0 Å². The molecule has 0 aliphatic carbocycles. The highest BCUT2D eigenvalue weighted by Gasteiger charge is 2.26. The number of nitrogens with one attached hydrogen (secondary N) is 1. The molecule has 2 aromatic rings. The highest BCUT2D eigenvalue weighted by molar-refractivity contribution is 7.89. The SMILES string of the molecule is CC(C)CCOc1ccc(/C=N/NC(=O)CCc2ccc(S(=O)(=O)N3CCOCC3)cc2)cc1. The molecule has 0 spiro atoms. The third-order valence-electron chi connectivity index (χ3n) is 5.42. The summed E-state index contributed by atoms with van der Waals surface area (Å²) >= 11 is 0. The fourth-order valence-electron chi connectivity index (χ4n) is 3.32. The molecule has 0 unspecified atom stereocenters. The largest absolute Gasteiger partial charge is 0.494 e. The first kappa shape index (κ1) is 25.9. The predicted molar refractivity (Wildman–Crippen MR) is 131 cm³/mol. The number of rotatable bonds is 11. The Morgan fingerprint density at radius 1 is 1.12 bits per heavy atom. The van der Waals surface area contributed by atoms with Gasteiger partial charge in [-0.2, -0.15) is 9.41 Å². The van der Waals surface area contributed by atoms with E-state index >= 15 is 0 Å². The van der Waals surface area contributed by atoms with Gasteiger partial charge in [0.2, 0.25) is 15.9 Å². The molecule has 9 heteroatoms. The lowest BCUT2D eigenvalue weighted by atomic mass is 10.1. The minimum atomic E-state index is -3.51. The molecular weight excluding hydrogens is 454 g/mol. The summed E-state index contributed by atoms with van der Waals surface area (Å²) < 4.78 is 37.7. The minimum Gasteiger partial charge on any atom is -0.494 e. The fourth-order valence-corrected chi connectivity index (χ4v) is 4.73. The van der Waals surface area contributed by atoms with Gasteiger partial charge in [0.15, 0.2) is 0 Å². The Morgan fingerprint density at radius 3 is 2.44 bits per heavy atom. The number of hydrogen-bond donors (Lipinski definition) is 1. The number of hydrazone groups is 1. The molecule has 1 N–H and O–H groups in total. The van der Waals surface area contributed by atoms with Crippen molar-refractivity contribution >= 4 is 22.1 Å². The smallest absolute Gasteiger partial charge is 0.243 e. The molecule has 0 bridgehead atoms. The monoisotopic (exact) mass is 487 g/mol. The Labute approximate surface area is 202 Å². The van der Waals surface area contributed by atoms with E-state index < -0.39 is 10.0 Å². The minimum absolute atomic E-state index is 0.213. The number of aryl methyl sites for hydroxylation is 1. The molecular formula is C25H33N3O5S. The predicted octanol–water partition coefficient (Wildman–Crippen LogP) is 3.22. The summed E-state index contributed by atoms with van der Waals surface area (Å²) in [7, 11) is -3.51. The quantitative estimate of drug-likeness (QED) is 0.388. The first-order valence-electron chi connectivity index (χ1n) is 11.6. The first-order chi connectivity index (χ1) is 16.3. The van der Waals surface area contributed by atoms with Gasteiger partial charge in [0, 0.05) is 19.5 Å². The Balaban J connectivity index is 1.42. The van der Waals surface area contributed by atoms with Gasteiger partial charge in [-0.15, -0.1) is 0 Å². The molecule has 1 aliphatic heterocycles. The molecule has 2 aromatic carbocycles. The number of amides is 1. The number of benzene rings is 2. The number of hydrogen-bond acceptors (Lipinski definition) is 6. The second-order valence-corrected chi connectivity index (χ2v) is 10.5. The third-order valence-corrected chi connectivity index (χ3v) is 7.33. The zero-order valence-corrected chi connectivity index (χ0v) is 20.6. The molecule has 0 radical (unpaired) electrons. The first-order valence-corrected chi connectivity index (χ1v) is 13.0. The molecule has 1 aliphatic rings. The van der Waals surface area contributed by atoms with Crippen LogP contribution in [-0.4, -0.2) is 57.8 Å². The summed E-state index contributed by atoms with van der Waals surface area (Å²) in [6.07, 6.45) is 3.32. The summed E-state index contributed by atoms with van der Waals surface area (Å²) in [5.41, 5.74) is 4.26. The lowest BCUT2D eigenvalue weighted by Crippen LogP contribution is -2.40. The topological polar surface area (TPSA) is 97.3 Å². The number of sulfonamides is 1. The Hall–Kier alpha value is -2.75. The number of ether oxygens (including phenoxy) is 2. The molecule has 8 nitrogen and oxygen atoms in total. The lowest BCUT2D eigenvalue weighted by molar-refractivity contribution is -0.121. The average Bonchev–Trinajstić information content (AvgIpc) is 2.84. The van der Waals surface area contributed by atoms with E-state index in [-0.39, 0.29) is 17.2 Å². The zero-order valence-electron chi connectivity index (χ0n) is 19.8. The summed E-state index contributed by atoms with van der Waals surface area (Å²) in [5, 5.41) is 4.01. The maximum absolute atomic E-state index is 12.7. The van der Waals surface area contributed by atoms with Crippen LogP contribution in [0.2, 0.25) is 0 Å². The van der Waals surface area contributed by atoms with Crippen molar-refractivity contribution in [2.45, 2.75) is 38.0 Å². The zero-order chi connectivity index (χ0) is 24.4. The van der Waals surface area contributed by atoms with Crippen molar-refractivity contribution in [1.82, 2.24) is 9.73 Å². The van der Waals surface area contributed by atoms with Gasteiger partial charge >= 0.3 is 0 Å². The standard InChI is InChI=1S/C25H33N3O5S/c1-20(2)13-16-33-23-8-3-22(4-9-23)19-26-27-25(29)12-7-21-5-10-24(11-6-21)34(30,31)28-14-17-32-18-15-28/h3-6,8-11,19-20H,7,12-18H2,1-2H3,(H,27,29)/b26-19+. The Bertz CT molecular complexity index is 1040. The van der Waals surface area contributed by atoms with Crippen molar-refractivity contribution in [1.29, 1.82) is 0 Å². The molecule has 0 aromatic heterocycles. The van der Waals surface area contributed by atoms with Gasteiger partial charge in [-0.05, 0) is 66.3 Å². The van der Waals surface area contributed by atoms with Gasteiger partial charge < -0.3 is 9.47 Å². The van der Waals surface area contributed by atoms with Gasteiger partial charge in [-0.3, -0.25) is 4.79 Å². The van der Waals surface area contributed by atoms with Gasteiger partial charge in [0.25, 0.3) is 0 Å². The van der Waals surface area contributed by atoms with Crippen molar-refractivity contribution in [3.05, 3.63) is 59.7 Å². The van der Waals surface area contributed by atoms with Crippen LogP contribution in [0.25, 0.3) is 0 Å². The molecule has 3 rings (SSSR count). The molecule has 0 atom stereocenters. The molecule has 34 heavy (non-hydrogen) atoms. The van der Waals surface area contributed by atoms with E-state index in [9.17, 15) is 13.2 Å². The molecule has 1 saturated heterocycles. The van der Waals surface area contributed by atoms with Crippen LogP contribution in [0.4, 0.5) is 0 Å². The number of nitrogens with zero attached hydrogens (tertiary/aromatic N) is 2. The van der Waals surface area contributed by atoms with Crippen LogP contribution in [0, 0.1) is 5.92 Å². The van der Waals surface area contributed by atoms with E-state index in [1.54, 1.807) is 30.5 Å². The van der Waals surface area contributed by atoms with Crippen molar-refractivity contribution in [2.24, 2.45) is 11.0 Å². The Kier molecular flexibility index (Phi) is 9.62. The average molecular weight is 488 g/mol. The highest BCUT2D eigenvalue weighted by atomic mass is 32.2. The van der Waals surface area contributed by atoms with Crippen LogP contribution in [0.1, 0.15) is 37.8 Å². The van der Waals surface area contributed by atoms with E-state index in [1.165, 1.54) is 4.31 Å². The maximum atomic E-state index is 12.7. The van der Waals surface area contributed by atoms with E-state index in [2.05, 4.69) is 24.4 Å². The molecule has 1 amide bonds. The Morgan fingerprint density at radius 2 is 1.79 bits per heavy atom. The molecule has 1 fully saturated rings. The number of carbonyl (C=O) groups excluding carboxylic acids is 1. The fraction of sp³-hybridized carbons (Fsp3) is 0.440. The summed E-state index contributed by atoms with van der Waals surface area (Å²) in [5.74, 6) is 1.20. The summed E-state index contributed by atoms with van der Waals surface area (Å²) in [6.45, 7) is 6.55. The van der Waals surface area contributed by atoms with E-state index in [4.69, 9.17) is 9.47 Å². The van der Waals surface area contributed by atoms with Gasteiger partial charge in [0.1, 0.15) is 5.75 Å². The molecule has 1 heterocycles. The van der Waals surface area contributed by atoms with Crippen LogP contribution < -0.4 is 10.2 Å². The van der Waals surface area contributed by atoms with Crippen molar-refractivity contribution in [2.75, 3.05) is 32.9 Å². The third kappa shape index (κ3) is 7.93. The summed E-state index contributed by atoms with van der Waals surface area (Å²) in [4.78, 5) is 12.4. The molecule has 184 valence electrons. The highest BCUT2D eigenvalue weighted by Crippen LogP contribution is 2.18. The van der Waals surface area contributed by atoms with Crippen LogP contribution in [-0.2, 0) is 26.0 Å². The summed E-state index contributed by atoms with van der Waals surface area (Å²) in [6, 6.07) is 14.2. The van der Waals surface area contributed by atoms with E-state index in [1.807, 2.05) is 24.3 Å². The van der Waals surface area contributed by atoms with E-state index in [0.29, 0.717) is 45.2 Å². The van der Waals surface area contributed by atoms with Crippen molar-refractivity contribution in [3.8, 4) is 5.75 Å². The van der Waals surface area contributed by atoms with Crippen LogP contribution in [0.15, 0.2) is 58.5 Å². The second-order valence-electron chi connectivity index (χ2n) is 8.55. The van der Waals surface area contributed by atoms with E-state index in [0.717, 1.165) is 23.3 Å². The maximum Gasteiger partial charge on any atom is 0.243 e. The van der Waals surface area contributed by atoms with Gasteiger partial charge in [-0.1, -0.05) is 26.0 Å². The molecule has 0 saturated carbocycles. The van der Waals surface area contributed by atoms with Crippen molar-refractivity contribution < 1.29 is 22.7 Å². The lowest BCUT2D eigenvalue weighted by Gasteiger charge is -2.26.